The third-order valence-corrected chi connectivity index (χ3v) is 4.07. The number of hydrogen-bond donors (Lipinski definition) is 1. The first-order valence-electron chi connectivity index (χ1n) is 6.50. The topological polar surface area (TPSA) is 29.3 Å². The average molecular weight is 337 g/mol. The number of rotatable bonds is 4. The summed E-state index contributed by atoms with van der Waals surface area (Å²) in [5.41, 5.74) is 8.54. The molecular weight excluding hydrogens is 319 g/mol. The van der Waals surface area contributed by atoms with Gasteiger partial charge in [0.15, 0.2) is 0 Å². The summed E-state index contributed by atoms with van der Waals surface area (Å²) in [6.07, 6.45) is 0. The second kappa shape index (κ2) is 6.37. The summed E-state index contributed by atoms with van der Waals surface area (Å²) in [6.45, 7) is 2.43. The summed E-state index contributed by atoms with van der Waals surface area (Å²) in [7, 11) is 1.96. The van der Waals surface area contributed by atoms with Gasteiger partial charge in [-0.1, -0.05) is 34.1 Å². The van der Waals surface area contributed by atoms with Gasteiger partial charge in [0.05, 0.1) is 6.04 Å². The summed E-state index contributed by atoms with van der Waals surface area (Å²) >= 11 is 3.45. The summed E-state index contributed by atoms with van der Waals surface area (Å²) < 4.78 is 14.9. The van der Waals surface area contributed by atoms with Crippen LogP contribution in [0.3, 0.4) is 0 Å². The van der Waals surface area contributed by atoms with Gasteiger partial charge in [-0.2, -0.15) is 0 Å². The van der Waals surface area contributed by atoms with E-state index in [0.717, 1.165) is 15.7 Å². The third-order valence-electron chi connectivity index (χ3n) is 3.58. The third kappa shape index (κ3) is 3.02. The lowest BCUT2D eigenvalue weighted by Crippen LogP contribution is -2.24. The van der Waals surface area contributed by atoms with Crippen LogP contribution in [0.15, 0.2) is 46.9 Å². The lowest BCUT2D eigenvalue weighted by Gasteiger charge is -2.29. The first-order valence-corrected chi connectivity index (χ1v) is 7.29. The Morgan fingerprint density at radius 2 is 1.95 bits per heavy atom. The van der Waals surface area contributed by atoms with Crippen LogP contribution in [0.1, 0.15) is 24.1 Å². The Labute approximate surface area is 127 Å². The molecule has 0 radical (unpaired) electrons. The van der Waals surface area contributed by atoms with Gasteiger partial charge in [0.1, 0.15) is 5.82 Å². The second-order valence-electron chi connectivity index (χ2n) is 4.79. The van der Waals surface area contributed by atoms with Crippen LogP contribution < -0.4 is 10.6 Å². The van der Waals surface area contributed by atoms with Crippen LogP contribution in [0.2, 0.25) is 0 Å². The molecular formula is C16H18BrFN2. The quantitative estimate of drug-likeness (QED) is 0.904. The standard InChI is InChI=1S/C16H18BrFN2/c1-11(14-5-3-4-6-15(14)18)20(2)16-8-7-13(17)9-12(16)10-19/h3-9,11H,10,19H2,1-2H3. The van der Waals surface area contributed by atoms with E-state index < -0.39 is 0 Å². The van der Waals surface area contributed by atoms with Crippen LogP contribution in [0, 0.1) is 5.82 Å². The first kappa shape index (κ1) is 15.0. The molecule has 2 N–H and O–H groups in total. The van der Waals surface area contributed by atoms with E-state index in [1.54, 1.807) is 6.07 Å². The van der Waals surface area contributed by atoms with Crippen LogP contribution in [-0.2, 0) is 6.54 Å². The number of anilines is 1. The minimum absolute atomic E-state index is 0.0670. The molecule has 2 nitrogen and oxygen atoms in total. The highest BCUT2D eigenvalue weighted by atomic mass is 79.9. The summed E-state index contributed by atoms with van der Waals surface area (Å²) in [6, 6.07) is 12.8. The van der Waals surface area contributed by atoms with Gasteiger partial charge in [-0.25, -0.2) is 4.39 Å². The fraction of sp³-hybridized carbons (Fsp3) is 0.250. The normalized spacial score (nSPS) is 12.2. The van der Waals surface area contributed by atoms with E-state index in [1.807, 2.05) is 49.2 Å². The Morgan fingerprint density at radius 3 is 2.60 bits per heavy atom. The fourth-order valence-electron chi connectivity index (χ4n) is 2.29. The lowest BCUT2D eigenvalue weighted by atomic mass is 10.0. The van der Waals surface area contributed by atoms with E-state index in [0.29, 0.717) is 12.1 Å². The van der Waals surface area contributed by atoms with Gasteiger partial charge in [0, 0.05) is 29.3 Å². The molecule has 0 aliphatic heterocycles. The SMILES string of the molecule is CC(c1ccccc1F)N(C)c1ccc(Br)cc1CN. The van der Waals surface area contributed by atoms with Gasteiger partial charge in [-0.3, -0.25) is 0 Å². The summed E-state index contributed by atoms with van der Waals surface area (Å²) in [4.78, 5) is 2.05. The maximum Gasteiger partial charge on any atom is 0.128 e. The second-order valence-corrected chi connectivity index (χ2v) is 5.70. The van der Waals surface area contributed by atoms with Gasteiger partial charge in [-0.15, -0.1) is 0 Å². The van der Waals surface area contributed by atoms with Gasteiger partial charge in [0.25, 0.3) is 0 Å². The Bertz CT molecular complexity index is 601. The molecule has 106 valence electrons. The van der Waals surface area contributed by atoms with E-state index in [4.69, 9.17) is 5.73 Å². The summed E-state index contributed by atoms with van der Waals surface area (Å²) in [5.74, 6) is -0.182. The van der Waals surface area contributed by atoms with Crippen LogP contribution in [0.4, 0.5) is 10.1 Å². The lowest BCUT2D eigenvalue weighted by molar-refractivity contribution is 0.585. The monoisotopic (exact) mass is 336 g/mol. The van der Waals surface area contributed by atoms with Crippen molar-refractivity contribution >= 4 is 21.6 Å². The van der Waals surface area contributed by atoms with Crippen LogP contribution in [0.5, 0.6) is 0 Å². The largest absolute Gasteiger partial charge is 0.367 e. The molecule has 0 amide bonds. The number of nitrogens with two attached hydrogens (primary N) is 1. The molecule has 0 bridgehead atoms. The molecule has 4 heteroatoms. The zero-order valence-corrected chi connectivity index (χ0v) is 13.2. The Morgan fingerprint density at radius 1 is 1.25 bits per heavy atom. The molecule has 2 aromatic carbocycles. The molecule has 0 fully saturated rings. The zero-order valence-electron chi connectivity index (χ0n) is 11.6. The molecule has 2 rings (SSSR count). The molecule has 0 saturated carbocycles. The molecule has 2 aromatic rings. The predicted octanol–water partition coefficient (Wildman–Crippen LogP) is 4.24. The van der Waals surface area contributed by atoms with Crippen molar-refractivity contribution in [1.82, 2.24) is 0 Å². The molecule has 1 atom stereocenters. The molecule has 0 spiro atoms. The molecule has 0 aliphatic carbocycles. The number of hydrogen-bond acceptors (Lipinski definition) is 2. The van der Waals surface area contributed by atoms with Crippen molar-refractivity contribution in [3.8, 4) is 0 Å². The van der Waals surface area contributed by atoms with Gasteiger partial charge >= 0.3 is 0 Å². The van der Waals surface area contributed by atoms with E-state index in [-0.39, 0.29) is 11.9 Å². The predicted molar refractivity (Wildman–Crippen MR) is 85.3 cm³/mol. The molecule has 20 heavy (non-hydrogen) atoms. The minimum Gasteiger partial charge on any atom is -0.367 e. The molecule has 0 heterocycles. The molecule has 0 aliphatic rings. The summed E-state index contributed by atoms with van der Waals surface area (Å²) in [5, 5.41) is 0. The van der Waals surface area contributed by atoms with Crippen molar-refractivity contribution in [1.29, 1.82) is 0 Å². The minimum atomic E-state index is -0.182. The number of nitrogens with zero attached hydrogens (tertiary/aromatic N) is 1. The van der Waals surface area contributed by atoms with Crippen molar-refractivity contribution < 1.29 is 4.39 Å². The number of halogens is 2. The van der Waals surface area contributed by atoms with Gasteiger partial charge in [0.2, 0.25) is 0 Å². The maximum absolute atomic E-state index is 13.9. The highest BCUT2D eigenvalue weighted by Gasteiger charge is 2.17. The highest BCUT2D eigenvalue weighted by molar-refractivity contribution is 9.10. The molecule has 0 aromatic heterocycles. The van der Waals surface area contributed by atoms with E-state index in [9.17, 15) is 4.39 Å². The van der Waals surface area contributed by atoms with Crippen LogP contribution in [0.25, 0.3) is 0 Å². The van der Waals surface area contributed by atoms with Crippen molar-refractivity contribution in [2.75, 3.05) is 11.9 Å². The van der Waals surface area contributed by atoms with E-state index in [2.05, 4.69) is 15.9 Å². The average Bonchev–Trinajstić information content (AvgIpc) is 2.46. The van der Waals surface area contributed by atoms with Crippen LogP contribution in [-0.4, -0.2) is 7.05 Å². The van der Waals surface area contributed by atoms with E-state index in [1.165, 1.54) is 6.07 Å². The van der Waals surface area contributed by atoms with Crippen molar-refractivity contribution in [3.05, 3.63) is 63.9 Å². The highest BCUT2D eigenvalue weighted by Crippen LogP contribution is 2.30. The van der Waals surface area contributed by atoms with Crippen LogP contribution >= 0.6 is 15.9 Å². The van der Waals surface area contributed by atoms with Gasteiger partial charge in [-0.05, 0) is 36.8 Å². The first-order chi connectivity index (χ1) is 9.54. The Hall–Kier alpha value is -1.39. The van der Waals surface area contributed by atoms with Crippen molar-refractivity contribution in [3.63, 3.8) is 0 Å². The molecule has 1 unspecified atom stereocenters. The smallest absolute Gasteiger partial charge is 0.128 e. The zero-order chi connectivity index (χ0) is 14.7. The Balaban J connectivity index is 2.36. The van der Waals surface area contributed by atoms with Crippen molar-refractivity contribution in [2.24, 2.45) is 5.73 Å². The molecule has 0 saturated heterocycles. The van der Waals surface area contributed by atoms with Gasteiger partial charge < -0.3 is 10.6 Å². The fourth-order valence-corrected chi connectivity index (χ4v) is 2.70. The van der Waals surface area contributed by atoms with E-state index >= 15 is 0 Å². The maximum atomic E-state index is 13.9. The Kier molecular flexibility index (Phi) is 4.78. The number of benzene rings is 2. The van der Waals surface area contributed by atoms with Crippen molar-refractivity contribution in [2.45, 2.75) is 19.5 Å².